The zero-order valence-electron chi connectivity index (χ0n) is 11.4. The van der Waals surface area contributed by atoms with Gasteiger partial charge in [0.15, 0.2) is 0 Å². The number of halogens is 2. The minimum atomic E-state index is -0.587. The maximum Gasteiger partial charge on any atom is 0.129 e. The minimum Gasteiger partial charge on any atom is -0.392 e. The van der Waals surface area contributed by atoms with Crippen LogP contribution in [0.4, 0.5) is 8.78 Å². The smallest absolute Gasteiger partial charge is 0.129 e. The Balaban J connectivity index is 1.65. The summed E-state index contributed by atoms with van der Waals surface area (Å²) in [4.78, 5) is 0. The van der Waals surface area contributed by atoms with E-state index in [1.807, 2.05) is 0 Å². The first kappa shape index (κ1) is 14.0. The third kappa shape index (κ3) is 2.72. The highest BCUT2D eigenvalue weighted by atomic mass is 19.1. The van der Waals surface area contributed by atoms with Crippen LogP contribution >= 0.6 is 0 Å². The molecule has 2 unspecified atom stereocenters. The van der Waals surface area contributed by atoms with Gasteiger partial charge >= 0.3 is 0 Å². The summed E-state index contributed by atoms with van der Waals surface area (Å²) in [5.41, 5.74) is 0.360. The lowest BCUT2D eigenvalue weighted by molar-refractivity contribution is -0.156. The van der Waals surface area contributed by atoms with E-state index < -0.39 is 17.7 Å². The van der Waals surface area contributed by atoms with Gasteiger partial charge in [-0.15, -0.1) is 0 Å². The van der Waals surface area contributed by atoms with Crippen LogP contribution in [0.3, 0.4) is 0 Å². The normalized spacial score (nSPS) is 26.2. The van der Waals surface area contributed by atoms with Crippen LogP contribution < -0.4 is 0 Å². The Morgan fingerprint density at radius 2 is 2.15 bits per heavy atom. The molecule has 2 fully saturated rings. The van der Waals surface area contributed by atoms with Crippen LogP contribution in [0.5, 0.6) is 0 Å². The molecule has 1 heterocycles. The first-order chi connectivity index (χ1) is 9.58. The molecule has 1 spiro atoms. The maximum atomic E-state index is 13.6. The highest BCUT2D eigenvalue weighted by Gasteiger charge is 2.44. The summed E-state index contributed by atoms with van der Waals surface area (Å²) in [6.45, 7) is 0.674. The predicted octanol–water partition coefficient (Wildman–Crippen LogP) is 3.22. The van der Waals surface area contributed by atoms with Crippen molar-refractivity contribution in [2.45, 2.75) is 50.2 Å². The minimum absolute atomic E-state index is 0.0226. The van der Waals surface area contributed by atoms with Gasteiger partial charge in [-0.05, 0) is 49.7 Å². The molecule has 3 rings (SSSR count). The molecular formula is C16H20F2O2. The lowest BCUT2D eigenvalue weighted by Crippen LogP contribution is -2.48. The van der Waals surface area contributed by atoms with Gasteiger partial charge < -0.3 is 9.84 Å². The van der Waals surface area contributed by atoms with Gasteiger partial charge in [0.2, 0.25) is 0 Å². The van der Waals surface area contributed by atoms with Crippen LogP contribution in [-0.4, -0.2) is 23.4 Å². The van der Waals surface area contributed by atoms with Crippen molar-refractivity contribution in [1.82, 2.24) is 0 Å². The molecule has 0 bridgehead atoms. The number of ether oxygens (including phenoxy) is 1. The van der Waals surface area contributed by atoms with Crippen molar-refractivity contribution in [1.29, 1.82) is 0 Å². The summed E-state index contributed by atoms with van der Waals surface area (Å²) in [6, 6.07) is 3.54. The van der Waals surface area contributed by atoms with Crippen molar-refractivity contribution in [3.05, 3.63) is 35.4 Å². The first-order valence-corrected chi connectivity index (χ1v) is 7.34. The van der Waals surface area contributed by atoms with Crippen molar-refractivity contribution in [3.63, 3.8) is 0 Å². The van der Waals surface area contributed by atoms with Crippen LogP contribution in [0.2, 0.25) is 0 Å². The van der Waals surface area contributed by atoms with E-state index in [1.165, 1.54) is 18.6 Å². The van der Waals surface area contributed by atoms with E-state index in [4.69, 9.17) is 4.74 Å². The Labute approximate surface area is 117 Å². The molecule has 110 valence electrons. The van der Waals surface area contributed by atoms with E-state index in [2.05, 4.69) is 0 Å². The molecule has 1 aromatic rings. The van der Waals surface area contributed by atoms with Crippen LogP contribution in [-0.2, 0) is 11.2 Å². The van der Waals surface area contributed by atoms with E-state index in [-0.39, 0.29) is 17.9 Å². The van der Waals surface area contributed by atoms with Crippen LogP contribution in [0.15, 0.2) is 18.2 Å². The van der Waals surface area contributed by atoms with Crippen LogP contribution in [0.25, 0.3) is 0 Å². The molecule has 1 saturated heterocycles. The predicted molar refractivity (Wildman–Crippen MR) is 71.3 cm³/mol. The fourth-order valence-electron chi connectivity index (χ4n) is 3.39. The molecule has 1 saturated carbocycles. The lowest BCUT2D eigenvalue weighted by atomic mass is 9.70. The van der Waals surface area contributed by atoms with E-state index in [9.17, 15) is 13.9 Å². The number of benzene rings is 1. The van der Waals surface area contributed by atoms with Gasteiger partial charge in [-0.1, -0.05) is 6.07 Å². The molecule has 0 amide bonds. The zero-order valence-corrected chi connectivity index (χ0v) is 11.4. The highest BCUT2D eigenvalue weighted by molar-refractivity contribution is 5.19. The Morgan fingerprint density at radius 3 is 2.80 bits per heavy atom. The van der Waals surface area contributed by atoms with Crippen LogP contribution in [0, 0.1) is 17.6 Å². The molecule has 2 atom stereocenters. The SMILES string of the molecule is OC(Cc1ccc(F)cc1F)C1CCOC2(CCC2)C1. The molecule has 20 heavy (non-hydrogen) atoms. The summed E-state index contributed by atoms with van der Waals surface area (Å²) in [5.74, 6) is -1.01. The van der Waals surface area contributed by atoms with Gasteiger partial charge in [-0.25, -0.2) is 8.78 Å². The van der Waals surface area contributed by atoms with Gasteiger partial charge in [0, 0.05) is 19.1 Å². The Morgan fingerprint density at radius 1 is 1.35 bits per heavy atom. The molecule has 0 radical (unpaired) electrons. The second kappa shape index (κ2) is 5.41. The summed E-state index contributed by atoms with van der Waals surface area (Å²) in [6.07, 6.45) is 4.66. The lowest BCUT2D eigenvalue weighted by Gasteiger charge is -2.48. The topological polar surface area (TPSA) is 29.5 Å². The van der Waals surface area contributed by atoms with Crippen molar-refractivity contribution >= 4 is 0 Å². The standard InChI is InChI=1S/C16H20F2O2/c17-13-3-2-11(14(18)9-13)8-15(19)12-4-7-20-16(10-12)5-1-6-16/h2-3,9,12,15,19H,1,4-8,10H2. The average Bonchev–Trinajstić information content (AvgIpc) is 2.40. The zero-order chi connectivity index (χ0) is 14.2. The molecule has 2 aliphatic rings. The van der Waals surface area contributed by atoms with Crippen molar-refractivity contribution in [2.75, 3.05) is 6.61 Å². The molecule has 1 aromatic carbocycles. The number of aliphatic hydroxyl groups is 1. The van der Waals surface area contributed by atoms with Gasteiger partial charge in [0.25, 0.3) is 0 Å². The fourth-order valence-corrected chi connectivity index (χ4v) is 3.39. The second-order valence-electron chi connectivity index (χ2n) is 6.15. The molecule has 2 nitrogen and oxygen atoms in total. The van der Waals surface area contributed by atoms with Crippen molar-refractivity contribution in [2.24, 2.45) is 5.92 Å². The van der Waals surface area contributed by atoms with Gasteiger partial charge in [0.05, 0.1) is 11.7 Å². The Kier molecular flexibility index (Phi) is 3.78. The molecule has 1 aliphatic heterocycles. The maximum absolute atomic E-state index is 13.6. The third-order valence-electron chi connectivity index (χ3n) is 4.78. The summed E-state index contributed by atoms with van der Waals surface area (Å²) < 4.78 is 32.3. The summed E-state index contributed by atoms with van der Waals surface area (Å²) in [7, 11) is 0. The monoisotopic (exact) mass is 282 g/mol. The number of hydrogen-bond acceptors (Lipinski definition) is 2. The first-order valence-electron chi connectivity index (χ1n) is 7.34. The van der Waals surface area contributed by atoms with Crippen LogP contribution in [0.1, 0.15) is 37.7 Å². The van der Waals surface area contributed by atoms with E-state index in [1.54, 1.807) is 0 Å². The van der Waals surface area contributed by atoms with Gasteiger partial charge in [0.1, 0.15) is 11.6 Å². The second-order valence-corrected chi connectivity index (χ2v) is 6.15. The average molecular weight is 282 g/mol. The molecule has 1 N–H and O–H groups in total. The number of rotatable bonds is 3. The van der Waals surface area contributed by atoms with E-state index >= 15 is 0 Å². The van der Waals surface area contributed by atoms with Gasteiger partial charge in [-0.2, -0.15) is 0 Å². The molecular weight excluding hydrogens is 262 g/mol. The third-order valence-corrected chi connectivity index (χ3v) is 4.78. The van der Waals surface area contributed by atoms with Crippen molar-refractivity contribution < 1.29 is 18.6 Å². The van der Waals surface area contributed by atoms with E-state index in [0.717, 1.165) is 31.7 Å². The Bertz CT molecular complexity index is 485. The highest BCUT2D eigenvalue weighted by Crippen LogP contribution is 2.45. The Hall–Kier alpha value is -1.00. The van der Waals surface area contributed by atoms with E-state index in [0.29, 0.717) is 12.2 Å². The fraction of sp³-hybridized carbons (Fsp3) is 0.625. The number of hydrogen-bond donors (Lipinski definition) is 1. The quantitative estimate of drug-likeness (QED) is 0.922. The molecule has 4 heteroatoms. The largest absolute Gasteiger partial charge is 0.392 e. The number of aliphatic hydroxyl groups excluding tert-OH is 1. The molecule has 1 aliphatic carbocycles. The molecule has 0 aromatic heterocycles. The summed E-state index contributed by atoms with van der Waals surface area (Å²) in [5, 5.41) is 10.4. The summed E-state index contributed by atoms with van der Waals surface area (Å²) >= 11 is 0. The van der Waals surface area contributed by atoms with Crippen molar-refractivity contribution in [3.8, 4) is 0 Å². The van der Waals surface area contributed by atoms with Gasteiger partial charge in [-0.3, -0.25) is 0 Å².